The second-order valence-corrected chi connectivity index (χ2v) is 8.46. The molecule has 3 aliphatic rings. The average molecular weight is 408 g/mol. The molecule has 0 bridgehead atoms. The van der Waals surface area contributed by atoms with Gasteiger partial charge in [0, 0.05) is 11.5 Å². The number of fused-ring (bicyclic) bond motifs is 3. The average Bonchev–Trinajstić information content (AvgIpc) is 2.73. The number of phenolic OH excluding ortho intramolecular Hbond substituents is 1. The van der Waals surface area contributed by atoms with Crippen LogP contribution in [-0.2, 0) is 4.79 Å². The zero-order valence-electron chi connectivity index (χ0n) is 16.9. The third-order valence-electron chi connectivity index (χ3n) is 6.57. The predicted octanol–water partition coefficient (Wildman–Crippen LogP) is 4.51. The van der Waals surface area contributed by atoms with E-state index in [0.717, 1.165) is 43.2 Å². The lowest BCUT2D eigenvalue weighted by atomic mass is 9.76. The highest BCUT2D eigenvalue weighted by atomic mass is 16.5. The van der Waals surface area contributed by atoms with Crippen LogP contribution in [0.25, 0.3) is 0 Å². The zero-order chi connectivity index (χ0) is 20.9. The molecule has 1 spiro atoms. The summed E-state index contributed by atoms with van der Waals surface area (Å²) in [6.07, 6.45) is 5.50. The lowest BCUT2D eigenvalue weighted by Gasteiger charge is -2.42. The van der Waals surface area contributed by atoms with Crippen LogP contribution in [0.2, 0.25) is 0 Å². The van der Waals surface area contributed by atoms with E-state index in [1.165, 1.54) is 7.11 Å². The maximum Gasteiger partial charge on any atom is 0.312 e. The van der Waals surface area contributed by atoms with Crippen LogP contribution in [0, 0.1) is 0 Å². The summed E-state index contributed by atoms with van der Waals surface area (Å²) >= 11 is 0. The number of benzene rings is 2. The number of methoxy groups -OCH3 is 1. The van der Waals surface area contributed by atoms with Crippen LogP contribution >= 0.6 is 0 Å². The van der Waals surface area contributed by atoms with E-state index in [1.54, 1.807) is 30.3 Å². The number of Topliss-reactive ketones (excluding diaryl/α,β-unsaturated/α-hetero) is 1. The van der Waals surface area contributed by atoms with Gasteiger partial charge in [-0.2, -0.15) is 0 Å². The Balaban J connectivity index is 1.66. The van der Waals surface area contributed by atoms with E-state index in [0.29, 0.717) is 29.2 Å². The van der Waals surface area contributed by atoms with Crippen LogP contribution in [0.4, 0.5) is 0 Å². The summed E-state index contributed by atoms with van der Waals surface area (Å²) in [6, 6.07) is 8.45. The quantitative estimate of drug-likeness (QED) is 0.582. The summed E-state index contributed by atoms with van der Waals surface area (Å²) in [6.45, 7) is 0. The molecule has 0 radical (unpaired) electrons. The SMILES string of the molecule is COc1cc(C2CC(=O)Oc3ccc4c(c32)OC2(CCCCC2)CC4=O)ccc1O. The molecule has 30 heavy (non-hydrogen) atoms. The van der Waals surface area contributed by atoms with Gasteiger partial charge in [0.25, 0.3) is 0 Å². The number of aromatic hydroxyl groups is 1. The first-order chi connectivity index (χ1) is 14.5. The molecule has 1 aliphatic carbocycles. The summed E-state index contributed by atoms with van der Waals surface area (Å²) in [5, 5.41) is 9.99. The van der Waals surface area contributed by atoms with Gasteiger partial charge in [0.05, 0.1) is 25.5 Å². The molecule has 1 unspecified atom stereocenters. The lowest BCUT2D eigenvalue weighted by molar-refractivity contribution is -0.135. The Morgan fingerprint density at radius 3 is 2.67 bits per heavy atom. The van der Waals surface area contributed by atoms with E-state index < -0.39 is 5.60 Å². The summed E-state index contributed by atoms with van der Waals surface area (Å²) in [4.78, 5) is 25.4. The molecule has 0 amide bonds. The molecule has 5 rings (SSSR count). The molecule has 1 atom stereocenters. The van der Waals surface area contributed by atoms with Crippen molar-refractivity contribution in [2.75, 3.05) is 7.11 Å². The van der Waals surface area contributed by atoms with Crippen LogP contribution in [-0.4, -0.2) is 29.6 Å². The van der Waals surface area contributed by atoms with Gasteiger partial charge < -0.3 is 19.3 Å². The second-order valence-electron chi connectivity index (χ2n) is 8.46. The van der Waals surface area contributed by atoms with E-state index in [9.17, 15) is 14.7 Å². The Bertz CT molecular complexity index is 1030. The van der Waals surface area contributed by atoms with E-state index in [2.05, 4.69) is 0 Å². The van der Waals surface area contributed by atoms with Crippen LogP contribution in [0.1, 0.15) is 72.3 Å². The molecule has 6 heteroatoms. The Kier molecular flexibility index (Phi) is 4.45. The van der Waals surface area contributed by atoms with Crippen LogP contribution < -0.4 is 14.2 Å². The molecule has 156 valence electrons. The van der Waals surface area contributed by atoms with Gasteiger partial charge in [-0.1, -0.05) is 12.5 Å². The Hall–Kier alpha value is -3.02. The molecule has 1 N–H and O–H groups in total. The fourth-order valence-corrected chi connectivity index (χ4v) is 5.07. The molecule has 2 aromatic carbocycles. The van der Waals surface area contributed by atoms with E-state index >= 15 is 0 Å². The van der Waals surface area contributed by atoms with Crippen molar-refractivity contribution >= 4 is 11.8 Å². The van der Waals surface area contributed by atoms with Gasteiger partial charge >= 0.3 is 5.97 Å². The van der Waals surface area contributed by atoms with Crippen molar-refractivity contribution in [2.24, 2.45) is 0 Å². The third-order valence-corrected chi connectivity index (χ3v) is 6.57. The lowest BCUT2D eigenvalue weighted by Crippen LogP contribution is -2.44. The van der Waals surface area contributed by atoms with Crippen LogP contribution in [0.3, 0.4) is 0 Å². The molecule has 0 saturated heterocycles. The highest BCUT2D eigenvalue weighted by molar-refractivity contribution is 6.01. The Morgan fingerprint density at radius 2 is 1.90 bits per heavy atom. The monoisotopic (exact) mass is 408 g/mol. The molecular weight excluding hydrogens is 384 g/mol. The Morgan fingerprint density at radius 1 is 1.10 bits per heavy atom. The number of esters is 1. The molecule has 2 aliphatic heterocycles. The first-order valence-electron chi connectivity index (χ1n) is 10.5. The van der Waals surface area contributed by atoms with Gasteiger partial charge in [0.1, 0.15) is 17.1 Å². The molecule has 2 aromatic rings. The number of ether oxygens (including phenoxy) is 3. The van der Waals surface area contributed by atoms with Crippen molar-refractivity contribution in [2.45, 2.75) is 56.5 Å². The Labute approximate surface area is 174 Å². The number of hydrogen-bond donors (Lipinski definition) is 1. The molecular formula is C24H24O6. The minimum Gasteiger partial charge on any atom is -0.504 e. The molecule has 6 nitrogen and oxygen atoms in total. The van der Waals surface area contributed by atoms with Crippen molar-refractivity contribution in [3.8, 4) is 23.0 Å². The number of ketones is 1. The largest absolute Gasteiger partial charge is 0.504 e. The van der Waals surface area contributed by atoms with Crippen LogP contribution in [0.5, 0.6) is 23.0 Å². The molecule has 0 aromatic heterocycles. The number of carbonyl (C=O) groups excluding carboxylic acids is 2. The zero-order valence-corrected chi connectivity index (χ0v) is 16.9. The standard InChI is InChI=1S/C24H24O6/c1-28-20-11-14(5-7-17(20)25)16-12-21(27)29-19-8-6-15-18(26)13-24(9-3-2-4-10-24)30-23(15)22(16)19/h5-8,11,16,25H,2-4,9-10,12-13H2,1H3. The van der Waals surface area contributed by atoms with Crippen LogP contribution in [0.15, 0.2) is 30.3 Å². The van der Waals surface area contributed by atoms with Crippen molar-refractivity contribution < 1.29 is 28.9 Å². The summed E-state index contributed by atoms with van der Waals surface area (Å²) in [5.74, 6) is 0.741. The minimum absolute atomic E-state index is 0.0301. The maximum atomic E-state index is 13.1. The first kappa shape index (κ1) is 19.0. The highest BCUT2D eigenvalue weighted by Crippen LogP contribution is 2.51. The van der Waals surface area contributed by atoms with Gasteiger partial charge in [-0.25, -0.2) is 0 Å². The highest BCUT2D eigenvalue weighted by Gasteiger charge is 2.44. The van der Waals surface area contributed by atoms with E-state index in [1.807, 2.05) is 0 Å². The summed E-state index contributed by atoms with van der Waals surface area (Å²) in [7, 11) is 1.48. The van der Waals surface area contributed by atoms with Crippen molar-refractivity contribution in [3.05, 3.63) is 47.0 Å². The van der Waals surface area contributed by atoms with Gasteiger partial charge in [0.15, 0.2) is 17.3 Å². The smallest absolute Gasteiger partial charge is 0.312 e. The third kappa shape index (κ3) is 3.02. The fraction of sp³-hybridized carbons (Fsp3) is 0.417. The van der Waals surface area contributed by atoms with Crippen molar-refractivity contribution in [1.82, 2.24) is 0 Å². The van der Waals surface area contributed by atoms with Gasteiger partial charge in [-0.3, -0.25) is 9.59 Å². The van der Waals surface area contributed by atoms with Gasteiger partial charge in [0.2, 0.25) is 0 Å². The second kappa shape index (κ2) is 7.04. The number of carbonyl (C=O) groups is 2. The van der Waals surface area contributed by atoms with Gasteiger partial charge in [-0.05, 0) is 55.5 Å². The maximum absolute atomic E-state index is 13.1. The first-order valence-corrected chi connectivity index (χ1v) is 10.5. The summed E-state index contributed by atoms with van der Waals surface area (Å²) < 4.78 is 17.4. The topological polar surface area (TPSA) is 82.1 Å². The number of rotatable bonds is 2. The fourth-order valence-electron chi connectivity index (χ4n) is 5.07. The summed E-state index contributed by atoms with van der Waals surface area (Å²) in [5.41, 5.74) is 1.63. The van der Waals surface area contributed by atoms with E-state index in [4.69, 9.17) is 14.2 Å². The number of phenols is 1. The molecule has 1 fully saturated rings. The molecule has 1 saturated carbocycles. The normalized spacial score (nSPS) is 22.0. The number of hydrogen-bond acceptors (Lipinski definition) is 6. The minimum atomic E-state index is -0.462. The van der Waals surface area contributed by atoms with Gasteiger partial charge in [-0.15, -0.1) is 0 Å². The predicted molar refractivity (Wildman–Crippen MR) is 109 cm³/mol. The van der Waals surface area contributed by atoms with E-state index in [-0.39, 0.29) is 29.8 Å². The van der Waals surface area contributed by atoms with Crippen molar-refractivity contribution in [3.63, 3.8) is 0 Å². The van der Waals surface area contributed by atoms with Crippen molar-refractivity contribution in [1.29, 1.82) is 0 Å². The molecule has 2 heterocycles.